The number of piperidine rings is 1. The zero-order chi connectivity index (χ0) is 21.0. The van der Waals surface area contributed by atoms with E-state index in [2.05, 4.69) is 27.2 Å². The highest BCUT2D eigenvalue weighted by Gasteiger charge is 2.23. The molecule has 3 rings (SSSR count). The van der Waals surface area contributed by atoms with Crippen LogP contribution in [0.1, 0.15) is 53.8 Å². The van der Waals surface area contributed by atoms with Gasteiger partial charge in [-0.3, -0.25) is 9.78 Å². The third-order valence-electron chi connectivity index (χ3n) is 5.46. The maximum Gasteiger partial charge on any atom is 0.263 e. The number of pyridine rings is 1. The van der Waals surface area contributed by atoms with Crippen molar-refractivity contribution in [1.29, 1.82) is 0 Å². The van der Waals surface area contributed by atoms with Crippen LogP contribution in [0.2, 0.25) is 0 Å². The Kier molecular flexibility index (Phi) is 8.80. The van der Waals surface area contributed by atoms with E-state index in [1.807, 2.05) is 40.7 Å². The molecule has 3 heterocycles. The normalized spacial score (nSPS) is 15.4. The van der Waals surface area contributed by atoms with E-state index in [1.54, 1.807) is 6.20 Å². The molecule has 6 heteroatoms. The molecule has 5 nitrogen and oxygen atoms in total. The van der Waals surface area contributed by atoms with Crippen molar-refractivity contribution in [3.63, 3.8) is 0 Å². The van der Waals surface area contributed by atoms with Crippen LogP contribution in [-0.2, 0) is 6.42 Å². The van der Waals surface area contributed by atoms with Gasteiger partial charge >= 0.3 is 0 Å². The van der Waals surface area contributed by atoms with Gasteiger partial charge in [-0.05, 0) is 67.5 Å². The smallest absolute Gasteiger partial charge is 0.263 e. The molecular formula is C24H28N4OS. The summed E-state index contributed by atoms with van der Waals surface area (Å²) in [6.07, 6.45) is 14.9. The van der Waals surface area contributed by atoms with Gasteiger partial charge < -0.3 is 4.90 Å². The van der Waals surface area contributed by atoms with Crippen molar-refractivity contribution < 1.29 is 4.79 Å². The maximum absolute atomic E-state index is 12.4. The summed E-state index contributed by atoms with van der Waals surface area (Å²) >= 11 is 1.52. The first-order chi connectivity index (χ1) is 14.8. The number of likely N-dealkylation sites (tertiary alicyclic amines) is 1. The summed E-state index contributed by atoms with van der Waals surface area (Å²) in [6.45, 7) is 8.76. The number of rotatable bonds is 9. The minimum absolute atomic E-state index is 0.187. The van der Waals surface area contributed by atoms with Crippen LogP contribution < -0.4 is 0 Å². The lowest BCUT2D eigenvalue weighted by atomic mass is 9.92. The number of nitrogens with zero attached hydrogens (tertiary/aromatic N) is 4. The highest BCUT2D eigenvalue weighted by Crippen LogP contribution is 2.24. The summed E-state index contributed by atoms with van der Waals surface area (Å²) < 4.78 is 0. The standard InChI is InChI=1S/C24H28N4OS/c1-25-27-22(18-21-9-6-14-26-19-21)10-5-3-2-4-8-20-12-15-28(16-13-20)24(29)23-11-7-17-30-23/h2-3,6-7,9,11,14,17,19-20H,4-5,8,10,12-13,15-16,18H2/b3-2+,27-22+. The van der Waals surface area contributed by atoms with E-state index in [9.17, 15) is 4.79 Å². The van der Waals surface area contributed by atoms with Crippen molar-refractivity contribution in [3.8, 4) is 0 Å². The first-order valence-electron chi connectivity index (χ1n) is 10.5. The van der Waals surface area contributed by atoms with Gasteiger partial charge in [0.05, 0.1) is 9.98 Å². The number of aromatic nitrogens is 1. The topological polar surface area (TPSA) is 49.9 Å². The predicted octanol–water partition coefficient (Wildman–Crippen LogP) is 5.63. The molecule has 156 valence electrons. The molecule has 0 atom stereocenters. The van der Waals surface area contributed by atoms with Gasteiger partial charge in [0.15, 0.2) is 0 Å². The van der Waals surface area contributed by atoms with Gasteiger partial charge in [-0.15, -0.1) is 16.3 Å². The Bertz CT molecular complexity index is 876. The first-order valence-corrected chi connectivity index (χ1v) is 11.4. The van der Waals surface area contributed by atoms with Gasteiger partial charge in [0.25, 0.3) is 5.91 Å². The number of amides is 1. The van der Waals surface area contributed by atoms with E-state index in [0.717, 1.165) is 61.3 Å². The van der Waals surface area contributed by atoms with E-state index in [-0.39, 0.29) is 5.91 Å². The summed E-state index contributed by atoms with van der Waals surface area (Å²) in [4.78, 5) is 22.6. The van der Waals surface area contributed by atoms with Crippen molar-refractivity contribution >= 4 is 23.0 Å². The van der Waals surface area contributed by atoms with Crippen LogP contribution >= 0.6 is 11.3 Å². The molecule has 1 fully saturated rings. The molecule has 0 spiro atoms. The lowest BCUT2D eigenvalue weighted by Crippen LogP contribution is -2.38. The van der Waals surface area contributed by atoms with Crippen molar-refractivity contribution in [2.75, 3.05) is 13.1 Å². The van der Waals surface area contributed by atoms with Gasteiger partial charge in [0.2, 0.25) is 0 Å². The molecule has 0 unspecified atom stereocenters. The Balaban J connectivity index is 1.32. The molecule has 0 N–H and O–H groups in total. The molecule has 0 saturated carbocycles. The molecule has 1 aliphatic rings. The Morgan fingerprint density at radius 1 is 1.27 bits per heavy atom. The predicted molar refractivity (Wildman–Crippen MR) is 123 cm³/mol. The lowest BCUT2D eigenvalue weighted by Gasteiger charge is -2.31. The quantitative estimate of drug-likeness (QED) is 0.228. The van der Waals surface area contributed by atoms with Gasteiger partial charge in [-0.25, -0.2) is 0 Å². The average Bonchev–Trinajstić information content (AvgIpc) is 3.32. The van der Waals surface area contributed by atoms with Crippen molar-refractivity contribution in [2.24, 2.45) is 11.0 Å². The molecule has 30 heavy (non-hydrogen) atoms. The van der Waals surface area contributed by atoms with Crippen LogP contribution in [0.25, 0.3) is 4.95 Å². The van der Waals surface area contributed by atoms with Crippen LogP contribution in [0.4, 0.5) is 0 Å². The second kappa shape index (κ2) is 12.0. The third-order valence-corrected chi connectivity index (χ3v) is 6.32. The number of thiophene rings is 1. The van der Waals surface area contributed by atoms with Crippen LogP contribution in [0.5, 0.6) is 0 Å². The maximum atomic E-state index is 12.4. The first kappa shape index (κ1) is 21.9. The molecular weight excluding hydrogens is 392 g/mol. The van der Waals surface area contributed by atoms with Gasteiger partial charge in [-0.1, -0.05) is 24.3 Å². The second-order valence-electron chi connectivity index (χ2n) is 7.60. The molecule has 2 aromatic heterocycles. The van der Waals surface area contributed by atoms with Gasteiger partial charge in [0, 0.05) is 31.9 Å². The van der Waals surface area contributed by atoms with Gasteiger partial charge in [-0.2, -0.15) is 6.57 Å². The van der Waals surface area contributed by atoms with E-state index in [1.165, 1.54) is 17.8 Å². The number of hydrogen-bond donors (Lipinski definition) is 0. The van der Waals surface area contributed by atoms with Gasteiger partial charge in [0.1, 0.15) is 5.71 Å². The zero-order valence-corrected chi connectivity index (χ0v) is 18.1. The van der Waals surface area contributed by atoms with Crippen LogP contribution in [0, 0.1) is 12.5 Å². The summed E-state index contributed by atoms with van der Waals surface area (Å²) in [5.41, 5.74) is 2.00. The molecule has 1 saturated heterocycles. The molecule has 0 aliphatic carbocycles. The van der Waals surface area contributed by atoms with E-state index >= 15 is 0 Å². The summed E-state index contributed by atoms with van der Waals surface area (Å²) in [5.74, 6) is 0.887. The average molecular weight is 421 g/mol. The monoisotopic (exact) mass is 420 g/mol. The van der Waals surface area contributed by atoms with Crippen molar-refractivity contribution in [2.45, 2.75) is 44.9 Å². The molecule has 2 aromatic rings. The van der Waals surface area contributed by atoms with E-state index in [4.69, 9.17) is 6.57 Å². The fourth-order valence-corrected chi connectivity index (χ4v) is 4.47. The number of carbonyl (C=O) groups excluding carboxylic acids is 1. The Hall–Kier alpha value is -2.78. The van der Waals surface area contributed by atoms with E-state index < -0.39 is 0 Å². The fraction of sp³-hybridized carbons (Fsp3) is 0.417. The molecule has 0 bridgehead atoms. The zero-order valence-electron chi connectivity index (χ0n) is 17.2. The summed E-state index contributed by atoms with van der Waals surface area (Å²) in [5, 5.41) is 5.93. The molecule has 0 radical (unpaired) electrons. The molecule has 0 aromatic carbocycles. The lowest BCUT2D eigenvalue weighted by molar-refractivity contribution is 0.0692. The number of allylic oxidation sites excluding steroid dienone is 2. The highest BCUT2D eigenvalue weighted by molar-refractivity contribution is 7.12. The fourth-order valence-electron chi connectivity index (χ4n) is 3.78. The Labute approximate surface area is 183 Å². The van der Waals surface area contributed by atoms with Crippen molar-refractivity contribution in [3.05, 3.63) is 76.2 Å². The van der Waals surface area contributed by atoms with Crippen molar-refractivity contribution in [1.82, 2.24) is 9.88 Å². The van der Waals surface area contributed by atoms with E-state index in [0.29, 0.717) is 12.3 Å². The summed E-state index contributed by atoms with van der Waals surface area (Å²) in [6, 6.07) is 7.77. The van der Waals surface area contributed by atoms with Crippen LogP contribution in [-0.4, -0.2) is 34.6 Å². The Morgan fingerprint density at radius 3 is 2.80 bits per heavy atom. The minimum atomic E-state index is 0.187. The Morgan fingerprint density at radius 2 is 2.10 bits per heavy atom. The second-order valence-corrected chi connectivity index (χ2v) is 8.55. The minimum Gasteiger partial charge on any atom is -0.338 e. The van der Waals surface area contributed by atoms with Crippen LogP contribution in [0.3, 0.4) is 0 Å². The molecule has 1 amide bonds. The number of carbonyl (C=O) groups is 1. The SMILES string of the molecule is [C-]#[N+]/N=C(\CC/C=C/CCC1CCN(C(=O)c2cccs2)CC1)Cc1cccnc1. The number of hydrogen-bond acceptors (Lipinski definition) is 4. The molecule has 1 aliphatic heterocycles. The largest absolute Gasteiger partial charge is 0.338 e. The van der Waals surface area contributed by atoms with Crippen LogP contribution in [0.15, 0.2) is 59.3 Å². The highest BCUT2D eigenvalue weighted by atomic mass is 32.1. The summed E-state index contributed by atoms with van der Waals surface area (Å²) in [7, 11) is 0. The third kappa shape index (κ3) is 6.93.